The van der Waals surface area contributed by atoms with E-state index in [-0.39, 0.29) is 11.8 Å². The van der Waals surface area contributed by atoms with Gasteiger partial charge in [0.2, 0.25) is 11.8 Å². The molecule has 0 spiro atoms. The zero-order chi connectivity index (χ0) is 18.4. The zero-order valence-corrected chi connectivity index (χ0v) is 17.1. The van der Waals surface area contributed by atoms with Crippen LogP contribution in [0.1, 0.15) is 43.4 Å². The minimum atomic E-state index is 0.0882. The Labute approximate surface area is 159 Å². The van der Waals surface area contributed by atoms with Crippen molar-refractivity contribution in [2.24, 2.45) is 0 Å². The van der Waals surface area contributed by atoms with Crippen molar-refractivity contribution in [3.63, 3.8) is 0 Å². The topological polar surface area (TPSA) is 49.4 Å². The fourth-order valence-electron chi connectivity index (χ4n) is 2.81. The summed E-state index contributed by atoms with van der Waals surface area (Å²) in [5.41, 5.74) is 3.52. The van der Waals surface area contributed by atoms with Crippen LogP contribution in [0, 0.1) is 0 Å². The molecule has 1 aliphatic rings. The first-order valence-corrected chi connectivity index (χ1v) is 11.2. The van der Waals surface area contributed by atoms with Crippen molar-refractivity contribution in [1.82, 2.24) is 10.2 Å². The van der Waals surface area contributed by atoms with Crippen molar-refractivity contribution in [3.05, 3.63) is 34.9 Å². The molecule has 2 amide bonds. The fraction of sp³-hybridized carbons (Fsp3) is 0.579. The zero-order valence-electron chi connectivity index (χ0n) is 15.5. The molecule has 0 fully saturated rings. The van der Waals surface area contributed by atoms with Crippen LogP contribution in [0.15, 0.2) is 18.2 Å². The maximum Gasteiger partial charge on any atom is 0.224 e. The van der Waals surface area contributed by atoms with Crippen LogP contribution >= 0.6 is 23.5 Å². The van der Waals surface area contributed by atoms with Crippen molar-refractivity contribution < 1.29 is 9.59 Å². The standard InChI is InChI=1S/C19H28N2O2S2/c1-13(24-3)7-18(22)20-10-15-5-6-16-11-21(12-17(16)9-15)19(23)8-14(2)25-4/h5-6,9,13-14H,7-8,10-12H2,1-4H3,(H,20,22). The highest BCUT2D eigenvalue weighted by Gasteiger charge is 2.24. The van der Waals surface area contributed by atoms with Crippen LogP contribution in [0.3, 0.4) is 0 Å². The summed E-state index contributed by atoms with van der Waals surface area (Å²) < 4.78 is 0. The number of thioether (sulfide) groups is 2. The number of hydrogen-bond acceptors (Lipinski definition) is 4. The van der Waals surface area contributed by atoms with Crippen LogP contribution in [0.25, 0.3) is 0 Å². The van der Waals surface area contributed by atoms with Gasteiger partial charge in [0.05, 0.1) is 0 Å². The Kier molecular flexibility index (Phi) is 7.69. The van der Waals surface area contributed by atoms with E-state index in [0.717, 1.165) is 5.56 Å². The van der Waals surface area contributed by atoms with E-state index in [0.29, 0.717) is 43.0 Å². The first-order valence-electron chi connectivity index (χ1n) is 8.63. The second-order valence-corrected chi connectivity index (χ2v) is 9.18. The number of nitrogens with one attached hydrogen (secondary N) is 1. The quantitative estimate of drug-likeness (QED) is 0.751. The average molecular weight is 381 g/mol. The number of nitrogens with zero attached hydrogens (tertiary/aromatic N) is 1. The van der Waals surface area contributed by atoms with Gasteiger partial charge in [0.25, 0.3) is 0 Å². The summed E-state index contributed by atoms with van der Waals surface area (Å²) in [5.74, 6) is 0.309. The fourth-order valence-corrected chi connectivity index (χ4v) is 3.44. The maximum absolute atomic E-state index is 12.4. The molecular weight excluding hydrogens is 352 g/mol. The van der Waals surface area contributed by atoms with Crippen molar-refractivity contribution in [3.8, 4) is 0 Å². The molecule has 1 heterocycles. The molecule has 0 aliphatic carbocycles. The van der Waals surface area contributed by atoms with E-state index in [4.69, 9.17) is 0 Å². The van der Waals surface area contributed by atoms with E-state index in [2.05, 4.69) is 37.4 Å². The van der Waals surface area contributed by atoms with Gasteiger partial charge in [-0.25, -0.2) is 0 Å². The predicted molar refractivity (Wildman–Crippen MR) is 108 cm³/mol. The molecule has 4 nitrogen and oxygen atoms in total. The van der Waals surface area contributed by atoms with Crippen LogP contribution in [0.4, 0.5) is 0 Å². The molecule has 2 unspecified atom stereocenters. The Morgan fingerprint density at radius 1 is 1.08 bits per heavy atom. The van der Waals surface area contributed by atoms with Crippen molar-refractivity contribution in [2.45, 2.75) is 56.8 Å². The minimum Gasteiger partial charge on any atom is -0.352 e. The molecule has 1 aliphatic heterocycles. The van der Waals surface area contributed by atoms with Crippen LogP contribution in [0.2, 0.25) is 0 Å². The molecule has 1 aromatic rings. The molecule has 138 valence electrons. The number of amides is 2. The molecule has 1 N–H and O–H groups in total. The van der Waals surface area contributed by atoms with Crippen LogP contribution < -0.4 is 5.32 Å². The third kappa shape index (κ3) is 5.96. The van der Waals surface area contributed by atoms with Gasteiger partial charge >= 0.3 is 0 Å². The van der Waals surface area contributed by atoms with Crippen LogP contribution in [0.5, 0.6) is 0 Å². The summed E-state index contributed by atoms with van der Waals surface area (Å²) in [6, 6.07) is 6.27. The molecule has 0 saturated carbocycles. The largest absolute Gasteiger partial charge is 0.352 e. The number of hydrogen-bond donors (Lipinski definition) is 1. The van der Waals surface area contributed by atoms with Crippen molar-refractivity contribution in [1.29, 1.82) is 0 Å². The lowest BCUT2D eigenvalue weighted by atomic mass is 10.1. The van der Waals surface area contributed by atoms with Gasteiger partial charge in [0.1, 0.15) is 0 Å². The summed E-state index contributed by atoms with van der Waals surface area (Å²) in [6.45, 7) is 6.08. The molecule has 1 aromatic carbocycles. The van der Waals surface area contributed by atoms with Crippen molar-refractivity contribution in [2.75, 3.05) is 12.5 Å². The second kappa shape index (κ2) is 9.53. The summed E-state index contributed by atoms with van der Waals surface area (Å²) >= 11 is 3.42. The molecule has 6 heteroatoms. The molecule has 0 aromatic heterocycles. The highest BCUT2D eigenvalue weighted by molar-refractivity contribution is 7.99. The summed E-state index contributed by atoms with van der Waals surface area (Å²) in [6.07, 6.45) is 5.19. The Morgan fingerprint density at radius 2 is 1.72 bits per heavy atom. The van der Waals surface area contributed by atoms with E-state index < -0.39 is 0 Å². The Hall–Kier alpha value is -1.14. The third-order valence-electron chi connectivity index (χ3n) is 4.58. The molecule has 25 heavy (non-hydrogen) atoms. The number of carbonyl (C=O) groups is 2. The number of benzene rings is 1. The SMILES string of the molecule is CSC(C)CC(=O)NCc1ccc2c(c1)CN(C(=O)CC(C)SC)C2. The summed E-state index contributed by atoms with van der Waals surface area (Å²) in [7, 11) is 0. The molecule has 0 radical (unpaired) electrons. The van der Waals surface area contributed by atoms with Gasteiger partial charge < -0.3 is 10.2 Å². The smallest absolute Gasteiger partial charge is 0.224 e. The predicted octanol–water partition coefficient (Wildman–Crippen LogP) is 3.43. The van der Waals surface area contributed by atoms with Gasteiger partial charge in [-0.2, -0.15) is 23.5 Å². The van der Waals surface area contributed by atoms with Gasteiger partial charge in [0, 0.05) is 43.0 Å². The summed E-state index contributed by atoms with van der Waals surface area (Å²) in [4.78, 5) is 26.2. The van der Waals surface area contributed by atoms with Gasteiger partial charge in [-0.15, -0.1) is 0 Å². The lowest BCUT2D eigenvalue weighted by Crippen LogP contribution is -2.27. The Bertz CT molecular complexity index is 621. The third-order valence-corrected chi connectivity index (χ3v) is 6.52. The van der Waals surface area contributed by atoms with E-state index in [1.165, 1.54) is 11.1 Å². The highest BCUT2D eigenvalue weighted by Crippen LogP contribution is 2.25. The second-order valence-electron chi connectivity index (χ2n) is 6.63. The summed E-state index contributed by atoms with van der Waals surface area (Å²) in [5, 5.41) is 3.68. The van der Waals surface area contributed by atoms with E-state index in [1.807, 2.05) is 17.4 Å². The first kappa shape index (κ1) is 20.2. The van der Waals surface area contributed by atoms with Crippen LogP contribution in [-0.4, -0.2) is 39.7 Å². The minimum absolute atomic E-state index is 0.0882. The lowest BCUT2D eigenvalue weighted by Gasteiger charge is -2.17. The van der Waals surface area contributed by atoms with Gasteiger partial charge in [-0.05, 0) is 29.2 Å². The van der Waals surface area contributed by atoms with E-state index in [1.54, 1.807) is 23.5 Å². The first-order chi connectivity index (χ1) is 11.9. The van der Waals surface area contributed by atoms with Gasteiger partial charge in [-0.3, -0.25) is 9.59 Å². The molecule has 2 rings (SSSR count). The van der Waals surface area contributed by atoms with Gasteiger partial charge in [0.15, 0.2) is 0 Å². The average Bonchev–Trinajstić information content (AvgIpc) is 3.03. The maximum atomic E-state index is 12.4. The lowest BCUT2D eigenvalue weighted by molar-refractivity contribution is -0.131. The number of fused-ring (bicyclic) bond motifs is 1. The van der Waals surface area contributed by atoms with E-state index >= 15 is 0 Å². The van der Waals surface area contributed by atoms with Crippen molar-refractivity contribution >= 4 is 35.3 Å². The number of carbonyl (C=O) groups excluding carboxylic acids is 2. The van der Waals surface area contributed by atoms with Crippen LogP contribution in [-0.2, 0) is 29.2 Å². The normalized spacial score (nSPS) is 15.6. The number of rotatable bonds is 8. The highest BCUT2D eigenvalue weighted by atomic mass is 32.2. The molecule has 0 saturated heterocycles. The Morgan fingerprint density at radius 3 is 2.40 bits per heavy atom. The molecule has 2 atom stereocenters. The Balaban J connectivity index is 1.89. The molecule has 0 bridgehead atoms. The molecular formula is C19H28N2O2S2. The monoisotopic (exact) mass is 380 g/mol. The van der Waals surface area contributed by atoms with Gasteiger partial charge in [-0.1, -0.05) is 32.0 Å². The van der Waals surface area contributed by atoms with E-state index in [9.17, 15) is 9.59 Å².